The van der Waals surface area contributed by atoms with Crippen molar-refractivity contribution in [2.24, 2.45) is 34.5 Å². The first-order valence-electron chi connectivity index (χ1n) is 8.71. The van der Waals surface area contributed by atoms with Gasteiger partial charge in [0, 0.05) is 0 Å². The standard InChI is InChI=1S/C20H41/c1-12-16(6)17(13-14(2)3)20(10,11)18(15(4)5)19(7,8)9/h14-16,18H,12-13H2,1-11H3. The Morgan fingerprint density at radius 1 is 0.850 bits per heavy atom. The van der Waals surface area contributed by atoms with Crippen LogP contribution in [0.4, 0.5) is 0 Å². The summed E-state index contributed by atoms with van der Waals surface area (Å²) in [5.74, 6) is 4.72. The van der Waals surface area contributed by atoms with E-state index in [4.69, 9.17) is 0 Å². The summed E-state index contributed by atoms with van der Waals surface area (Å²) in [6.45, 7) is 26.6. The van der Waals surface area contributed by atoms with Crippen molar-refractivity contribution < 1.29 is 0 Å². The van der Waals surface area contributed by atoms with E-state index >= 15 is 0 Å². The quantitative estimate of drug-likeness (QED) is 0.471. The van der Waals surface area contributed by atoms with Gasteiger partial charge in [0.1, 0.15) is 0 Å². The average molecular weight is 282 g/mol. The minimum atomic E-state index is 0.312. The molecule has 0 heteroatoms. The van der Waals surface area contributed by atoms with Crippen LogP contribution in [-0.2, 0) is 0 Å². The first-order chi connectivity index (χ1) is 8.85. The van der Waals surface area contributed by atoms with Gasteiger partial charge in [-0.3, -0.25) is 0 Å². The lowest BCUT2D eigenvalue weighted by Crippen LogP contribution is -2.44. The molecule has 0 fully saturated rings. The molecule has 0 saturated heterocycles. The first-order valence-corrected chi connectivity index (χ1v) is 8.71. The molecule has 0 aliphatic heterocycles. The van der Waals surface area contributed by atoms with Gasteiger partial charge in [-0.05, 0) is 46.8 Å². The van der Waals surface area contributed by atoms with E-state index in [1.165, 1.54) is 12.8 Å². The van der Waals surface area contributed by atoms with Crippen LogP contribution in [0.2, 0.25) is 0 Å². The molecule has 0 amide bonds. The molecular formula is C20H41. The van der Waals surface area contributed by atoms with Gasteiger partial charge in [-0.1, -0.05) is 82.6 Å². The Balaban J connectivity index is 5.57. The minimum Gasteiger partial charge on any atom is -0.0651 e. The number of rotatable bonds is 7. The van der Waals surface area contributed by atoms with Gasteiger partial charge in [0.25, 0.3) is 0 Å². The summed E-state index contributed by atoms with van der Waals surface area (Å²) in [5.41, 5.74) is 0.666. The van der Waals surface area contributed by atoms with E-state index in [2.05, 4.69) is 76.2 Å². The molecule has 1 radical (unpaired) electrons. The summed E-state index contributed by atoms with van der Waals surface area (Å²) in [7, 11) is 0. The van der Waals surface area contributed by atoms with Gasteiger partial charge in [-0.25, -0.2) is 0 Å². The molecule has 0 aliphatic carbocycles. The van der Waals surface area contributed by atoms with Crippen molar-refractivity contribution in [1.29, 1.82) is 0 Å². The third-order valence-electron chi connectivity index (χ3n) is 5.04. The van der Waals surface area contributed by atoms with E-state index in [9.17, 15) is 0 Å². The van der Waals surface area contributed by atoms with Crippen molar-refractivity contribution >= 4 is 0 Å². The molecule has 0 aliphatic rings. The predicted octanol–water partition coefficient (Wildman–Crippen LogP) is 7.00. The topological polar surface area (TPSA) is 0 Å². The highest BCUT2D eigenvalue weighted by atomic mass is 14.5. The monoisotopic (exact) mass is 281 g/mol. The third-order valence-corrected chi connectivity index (χ3v) is 5.04. The van der Waals surface area contributed by atoms with E-state index in [0.29, 0.717) is 10.8 Å². The molecule has 0 heterocycles. The Morgan fingerprint density at radius 2 is 1.30 bits per heavy atom. The van der Waals surface area contributed by atoms with Gasteiger partial charge < -0.3 is 0 Å². The lowest BCUT2D eigenvalue weighted by molar-refractivity contribution is 0.0375. The molecule has 0 bridgehead atoms. The molecule has 20 heavy (non-hydrogen) atoms. The lowest BCUT2D eigenvalue weighted by atomic mass is 9.53. The molecule has 0 saturated carbocycles. The zero-order chi connectivity index (χ0) is 16.3. The maximum absolute atomic E-state index is 2.51. The molecule has 2 unspecified atom stereocenters. The Kier molecular flexibility index (Phi) is 7.32. The van der Waals surface area contributed by atoms with Gasteiger partial charge in [0.2, 0.25) is 0 Å². The fraction of sp³-hybridized carbons (Fsp3) is 0.950. The van der Waals surface area contributed by atoms with Gasteiger partial charge in [-0.15, -0.1) is 0 Å². The Hall–Kier alpha value is 0. The molecule has 0 aromatic rings. The van der Waals surface area contributed by atoms with Crippen LogP contribution in [0.15, 0.2) is 0 Å². The third kappa shape index (κ3) is 5.08. The fourth-order valence-electron chi connectivity index (χ4n) is 4.90. The summed E-state index contributed by atoms with van der Waals surface area (Å²) in [4.78, 5) is 0. The summed E-state index contributed by atoms with van der Waals surface area (Å²) in [6, 6.07) is 0. The van der Waals surface area contributed by atoms with Crippen molar-refractivity contribution in [3.63, 3.8) is 0 Å². The van der Waals surface area contributed by atoms with Crippen LogP contribution in [0.1, 0.15) is 89.0 Å². The van der Waals surface area contributed by atoms with Gasteiger partial charge in [0.05, 0.1) is 0 Å². The van der Waals surface area contributed by atoms with Crippen LogP contribution in [0.5, 0.6) is 0 Å². The molecule has 0 nitrogen and oxygen atoms in total. The Labute approximate surface area is 130 Å². The second-order valence-corrected chi connectivity index (χ2v) is 9.24. The SMILES string of the molecule is CCC(C)[C](CC(C)C)C(C)(C)C(C(C)C)C(C)(C)C. The second-order valence-electron chi connectivity index (χ2n) is 9.24. The van der Waals surface area contributed by atoms with Crippen molar-refractivity contribution in [2.75, 3.05) is 0 Å². The summed E-state index contributed by atoms with van der Waals surface area (Å²) >= 11 is 0. The average Bonchev–Trinajstić information content (AvgIpc) is 2.20. The molecule has 0 aromatic carbocycles. The maximum Gasteiger partial charge on any atom is -0.0151 e. The summed E-state index contributed by atoms with van der Waals surface area (Å²) < 4.78 is 0. The Morgan fingerprint density at radius 3 is 1.55 bits per heavy atom. The lowest BCUT2D eigenvalue weighted by Gasteiger charge is -2.51. The molecule has 121 valence electrons. The van der Waals surface area contributed by atoms with Crippen molar-refractivity contribution in [2.45, 2.75) is 89.0 Å². The molecule has 0 aromatic heterocycles. The fourth-order valence-corrected chi connectivity index (χ4v) is 4.90. The first kappa shape index (κ1) is 20.0. The van der Waals surface area contributed by atoms with Crippen molar-refractivity contribution in [3.8, 4) is 0 Å². The predicted molar refractivity (Wildman–Crippen MR) is 93.7 cm³/mol. The highest BCUT2D eigenvalue weighted by Crippen LogP contribution is 2.53. The van der Waals surface area contributed by atoms with Crippen molar-refractivity contribution in [1.82, 2.24) is 0 Å². The molecule has 0 spiro atoms. The highest BCUT2D eigenvalue weighted by molar-refractivity contribution is 5.11. The van der Waals surface area contributed by atoms with E-state index in [1.807, 2.05) is 0 Å². The van der Waals surface area contributed by atoms with Crippen LogP contribution in [0.25, 0.3) is 0 Å². The van der Waals surface area contributed by atoms with E-state index < -0.39 is 0 Å². The van der Waals surface area contributed by atoms with Gasteiger partial charge in [0.15, 0.2) is 0 Å². The highest BCUT2D eigenvalue weighted by Gasteiger charge is 2.46. The molecule has 2 atom stereocenters. The van der Waals surface area contributed by atoms with Gasteiger partial charge >= 0.3 is 0 Å². The van der Waals surface area contributed by atoms with Gasteiger partial charge in [-0.2, -0.15) is 0 Å². The minimum absolute atomic E-state index is 0.312. The van der Waals surface area contributed by atoms with Crippen LogP contribution in [-0.4, -0.2) is 0 Å². The van der Waals surface area contributed by atoms with Crippen LogP contribution < -0.4 is 0 Å². The van der Waals surface area contributed by atoms with Crippen molar-refractivity contribution in [3.05, 3.63) is 5.92 Å². The van der Waals surface area contributed by atoms with E-state index in [1.54, 1.807) is 5.92 Å². The zero-order valence-electron chi connectivity index (χ0n) is 16.2. The summed E-state index contributed by atoms with van der Waals surface area (Å²) in [5, 5.41) is 0. The zero-order valence-corrected chi connectivity index (χ0v) is 16.2. The molecular weight excluding hydrogens is 240 g/mol. The molecule has 0 N–H and O–H groups in total. The van der Waals surface area contributed by atoms with Crippen LogP contribution in [0, 0.1) is 40.4 Å². The van der Waals surface area contributed by atoms with E-state index in [0.717, 1.165) is 23.7 Å². The van der Waals surface area contributed by atoms with E-state index in [-0.39, 0.29) is 0 Å². The smallest absolute Gasteiger partial charge is 0.0151 e. The number of hydrogen-bond acceptors (Lipinski definition) is 0. The number of hydrogen-bond donors (Lipinski definition) is 0. The van der Waals surface area contributed by atoms with Crippen LogP contribution >= 0.6 is 0 Å². The maximum atomic E-state index is 2.51. The molecule has 0 rings (SSSR count). The second kappa shape index (κ2) is 7.32. The normalized spacial score (nSPS) is 17.1. The Bertz CT molecular complexity index is 264. The largest absolute Gasteiger partial charge is 0.0651 e. The van der Waals surface area contributed by atoms with Crippen LogP contribution in [0.3, 0.4) is 0 Å². The summed E-state index contributed by atoms with van der Waals surface area (Å²) in [6.07, 6.45) is 2.54.